The Morgan fingerprint density at radius 3 is 2.54 bits per heavy atom. The van der Waals surface area contributed by atoms with Crippen LogP contribution in [0.4, 0.5) is 0 Å². The summed E-state index contributed by atoms with van der Waals surface area (Å²) in [5.74, 6) is 0.456. The minimum atomic E-state index is -3.71. The minimum absolute atomic E-state index is 0.168. The Morgan fingerprint density at radius 1 is 1.25 bits per heavy atom. The molecule has 1 atom stereocenters. The lowest BCUT2D eigenvalue weighted by molar-refractivity contribution is 0.0918. The third kappa shape index (κ3) is 3.21. The fourth-order valence-electron chi connectivity index (χ4n) is 2.79. The Morgan fingerprint density at radius 2 is 1.96 bits per heavy atom. The van der Waals surface area contributed by atoms with E-state index in [4.69, 9.17) is 16.3 Å². The molecule has 0 saturated carbocycles. The van der Waals surface area contributed by atoms with E-state index in [1.807, 2.05) is 0 Å². The molecule has 128 valence electrons. The van der Waals surface area contributed by atoms with Crippen LogP contribution < -0.4 is 4.74 Å². The molecule has 1 aromatic heterocycles. The van der Waals surface area contributed by atoms with E-state index < -0.39 is 16.1 Å². The minimum Gasteiger partial charge on any atom is -0.497 e. The van der Waals surface area contributed by atoms with Gasteiger partial charge < -0.3 is 4.74 Å². The van der Waals surface area contributed by atoms with Gasteiger partial charge in [-0.05, 0) is 49.2 Å². The van der Waals surface area contributed by atoms with Gasteiger partial charge in [-0.25, -0.2) is 8.42 Å². The molecular weight excluding hydrogens is 370 g/mol. The van der Waals surface area contributed by atoms with Crippen molar-refractivity contribution in [1.82, 2.24) is 4.31 Å². The smallest absolute Gasteiger partial charge is 0.253 e. The largest absolute Gasteiger partial charge is 0.497 e. The summed E-state index contributed by atoms with van der Waals surface area (Å²) in [6.45, 7) is 0.338. The normalized spacial score (nSPS) is 18.7. The number of methoxy groups -OCH3 is 1. The molecule has 0 amide bonds. The van der Waals surface area contributed by atoms with Crippen LogP contribution in [0, 0.1) is 0 Å². The average Bonchev–Trinajstić information content (AvgIpc) is 3.23. The van der Waals surface area contributed by atoms with Gasteiger partial charge in [0.25, 0.3) is 10.0 Å². The average molecular weight is 386 g/mol. The van der Waals surface area contributed by atoms with Crippen LogP contribution in [0.5, 0.6) is 5.75 Å². The predicted octanol–water partition coefficient (Wildman–Crippen LogP) is 3.45. The number of benzene rings is 1. The lowest BCUT2D eigenvalue weighted by atomic mass is 10.0. The van der Waals surface area contributed by atoms with Crippen LogP contribution >= 0.6 is 22.9 Å². The topological polar surface area (TPSA) is 63.7 Å². The van der Waals surface area contributed by atoms with Crippen molar-refractivity contribution in [3.63, 3.8) is 0 Å². The number of carbonyl (C=O) groups excluding carboxylic acids is 1. The second-order valence-corrected chi connectivity index (χ2v) is 9.26. The zero-order valence-corrected chi connectivity index (χ0v) is 15.3. The third-order valence-electron chi connectivity index (χ3n) is 3.99. The number of ketones is 1. The van der Waals surface area contributed by atoms with Gasteiger partial charge in [-0.3, -0.25) is 4.79 Å². The second kappa shape index (κ2) is 6.84. The van der Waals surface area contributed by atoms with Crippen molar-refractivity contribution in [3.05, 3.63) is 46.3 Å². The summed E-state index contributed by atoms with van der Waals surface area (Å²) in [5, 5.41) is 0. The van der Waals surface area contributed by atoms with E-state index in [0.29, 0.717) is 35.0 Å². The molecule has 24 heavy (non-hydrogen) atoms. The lowest BCUT2D eigenvalue weighted by Crippen LogP contribution is -2.40. The molecule has 2 heterocycles. The molecular formula is C16H16ClNO4S2. The molecule has 1 aliphatic heterocycles. The second-order valence-electron chi connectivity index (χ2n) is 5.43. The Kier molecular flexibility index (Phi) is 4.96. The maximum absolute atomic E-state index is 12.8. The molecule has 0 spiro atoms. The number of carbonyl (C=O) groups is 1. The number of rotatable bonds is 5. The number of halogens is 1. The number of hydrogen-bond donors (Lipinski definition) is 0. The first-order valence-electron chi connectivity index (χ1n) is 7.39. The Labute approximate surface area is 149 Å². The van der Waals surface area contributed by atoms with Crippen molar-refractivity contribution < 1.29 is 17.9 Å². The van der Waals surface area contributed by atoms with E-state index in [1.54, 1.807) is 37.4 Å². The predicted molar refractivity (Wildman–Crippen MR) is 93.6 cm³/mol. The van der Waals surface area contributed by atoms with Crippen LogP contribution in [0.2, 0.25) is 4.34 Å². The van der Waals surface area contributed by atoms with E-state index >= 15 is 0 Å². The summed E-state index contributed by atoms with van der Waals surface area (Å²) >= 11 is 6.86. The van der Waals surface area contributed by atoms with Gasteiger partial charge in [-0.15, -0.1) is 11.3 Å². The highest BCUT2D eigenvalue weighted by atomic mass is 35.5. The van der Waals surface area contributed by atoms with Gasteiger partial charge in [0, 0.05) is 12.1 Å². The van der Waals surface area contributed by atoms with E-state index in [0.717, 1.165) is 11.3 Å². The monoisotopic (exact) mass is 385 g/mol. The molecule has 0 bridgehead atoms. The van der Waals surface area contributed by atoms with Gasteiger partial charge in [-0.2, -0.15) is 4.31 Å². The van der Waals surface area contributed by atoms with E-state index in [-0.39, 0.29) is 9.99 Å². The van der Waals surface area contributed by atoms with Crippen molar-refractivity contribution in [2.24, 2.45) is 0 Å². The molecule has 3 rings (SSSR count). The van der Waals surface area contributed by atoms with E-state index in [9.17, 15) is 13.2 Å². The molecule has 8 heteroatoms. The SMILES string of the molecule is COc1ccc(C(=O)C2CCCN2S(=O)(=O)c2ccc(Cl)s2)cc1. The highest BCUT2D eigenvalue weighted by Gasteiger charge is 2.40. The molecule has 0 aliphatic carbocycles. The zero-order chi connectivity index (χ0) is 17.3. The highest BCUT2D eigenvalue weighted by Crippen LogP contribution is 2.33. The summed E-state index contributed by atoms with van der Waals surface area (Å²) < 4.78 is 32.6. The number of Topliss-reactive ketones (excluding diaryl/α,β-unsaturated/α-hetero) is 1. The first-order valence-corrected chi connectivity index (χ1v) is 10.0. The molecule has 0 radical (unpaired) electrons. The van der Waals surface area contributed by atoms with Crippen molar-refractivity contribution in [2.45, 2.75) is 23.1 Å². The van der Waals surface area contributed by atoms with Crippen LogP contribution in [0.1, 0.15) is 23.2 Å². The van der Waals surface area contributed by atoms with Crippen molar-refractivity contribution in [1.29, 1.82) is 0 Å². The van der Waals surface area contributed by atoms with Gasteiger partial charge in [0.1, 0.15) is 9.96 Å². The molecule has 2 aromatic rings. The lowest BCUT2D eigenvalue weighted by Gasteiger charge is -2.22. The van der Waals surface area contributed by atoms with Gasteiger partial charge in [-0.1, -0.05) is 11.6 Å². The number of nitrogens with zero attached hydrogens (tertiary/aromatic N) is 1. The van der Waals surface area contributed by atoms with Gasteiger partial charge in [0.2, 0.25) is 0 Å². The van der Waals surface area contributed by atoms with Crippen LogP contribution in [0.25, 0.3) is 0 Å². The zero-order valence-electron chi connectivity index (χ0n) is 12.9. The number of sulfonamides is 1. The van der Waals surface area contributed by atoms with Crippen LogP contribution in [-0.4, -0.2) is 38.2 Å². The molecule has 1 saturated heterocycles. The van der Waals surface area contributed by atoms with Crippen LogP contribution in [0.3, 0.4) is 0 Å². The van der Waals surface area contributed by atoms with E-state index in [1.165, 1.54) is 10.4 Å². The van der Waals surface area contributed by atoms with E-state index in [2.05, 4.69) is 0 Å². The number of ether oxygens (including phenoxy) is 1. The maximum atomic E-state index is 12.8. The summed E-state index contributed by atoms with van der Waals surface area (Å²) in [5.41, 5.74) is 0.479. The standard InChI is InChI=1S/C16H16ClNO4S2/c1-22-12-6-4-11(5-7-12)16(19)13-3-2-10-18(13)24(20,21)15-9-8-14(17)23-15/h4-9,13H,2-3,10H2,1H3. The molecule has 0 N–H and O–H groups in total. The van der Waals surface area contributed by atoms with Crippen molar-refractivity contribution in [2.75, 3.05) is 13.7 Å². The number of thiophene rings is 1. The van der Waals surface area contributed by atoms with Crippen LogP contribution in [0.15, 0.2) is 40.6 Å². The van der Waals surface area contributed by atoms with Crippen molar-refractivity contribution >= 4 is 38.7 Å². The first kappa shape index (κ1) is 17.4. The van der Waals surface area contributed by atoms with Crippen LogP contribution in [-0.2, 0) is 10.0 Å². The summed E-state index contributed by atoms with van der Waals surface area (Å²) in [4.78, 5) is 12.8. The highest BCUT2D eigenvalue weighted by molar-refractivity contribution is 7.91. The molecule has 1 aromatic carbocycles. The molecule has 5 nitrogen and oxygen atoms in total. The quantitative estimate of drug-likeness (QED) is 0.739. The molecule has 1 unspecified atom stereocenters. The summed E-state index contributed by atoms with van der Waals surface area (Å²) in [7, 11) is -2.16. The number of hydrogen-bond acceptors (Lipinski definition) is 5. The maximum Gasteiger partial charge on any atom is 0.253 e. The van der Waals surface area contributed by atoms with Gasteiger partial charge in [0.15, 0.2) is 5.78 Å². The van der Waals surface area contributed by atoms with Gasteiger partial charge in [0.05, 0.1) is 17.5 Å². The Balaban J connectivity index is 1.88. The molecule has 1 aliphatic rings. The fourth-order valence-corrected chi connectivity index (χ4v) is 6.06. The summed E-state index contributed by atoms with van der Waals surface area (Å²) in [6, 6.07) is 9.06. The Hall–Kier alpha value is -1.41. The van der Waals surface area contributed by atoms with Gasteiger partial charge >= 0.3 is 0 Å². The first-order chi connectivity index (χ1) is 11.4. The fraction of sp³-hybridized carbons (Fsp3) is 0.312. The van der Waals surface area contributed by atoms with Crippen molar-refractivity contribution in [3.8, 4) is 5.75 Å². The third-order valence-corrected chi connectivity index (χ3v) is 7.60. The molecule has 1 fully saturated rings. The summed E-state index contributed by atoms with van der Waals surface area (Å²) in [6.07, 6.45) is 1.17. The Bertz CT molecular complexity index is 845.